The van der Waals surface area contributed by atoms with Crippen molar-refractivity contribution in [3.05, 3.63) is 163 Å². The highest BCUT2D eigenvalue weighted by atomic mass is 35.5. The van der Waals surface area contributed by atoms with Crippen LogP contribution in [0.4, 0.5) is 11.4 Å². The Kier molecular flexibility index (Phi) is 14.6. The number of nitrogens with zero attached hydrogens (tertiary/aromatic N) is 2. The Balaban J connectivity index is 1.35. The highest BCUT2D eigenvalue weighted by Gasteiger charge is 2.48. The van der Waals surface area contributed by atoms with E-state index in [9.17, 15) is 4.79 Å². The molecule has 64 heavy (non-hydrogen) atoms. The maximum absolute atomic E-state index is 14.4. The highest BCUT2D eigenvalue weighted by molar-refractivity contribution is 6.53. The average molecular weight is 939 g/mol. The van der Waals surface area contributed by atoms with Crippen molar-refractivity contribution in [1.82, 2.24) is 0 Å². The highest BCUT2D eigenvalue weighted by Crippen LogP contribution is 2.54. The number of ether oxygens (including phenoxy) is 3. The van der Waals surface area contributed by atoms with Crippen molar-refractivity contribution < 1.29 is 19.0 Å². The van der Waals surface area contributed by atoms with Gasteiger partial charge in [0.05, 0.1) is 38.9 Å². The van der Waals surface area contributed by atoms with Gasteiger partial charge in [0.15, 0.2) is 5.60 Å². The van der Waals surface area contributed by atoms with Crippen molar-refractivity contribution in [3.8, 4) is 11.5 Å². The van der Waals surface area contributed by atoms with Gasteiger partial charge in [-0.15, -0.1) is 0 Å². The summed E-state index contributed by atoms with van der Waals surface area (Å²) in [5.41, 5.74) is 6.26. The number of esters is 1. The van der Waals surface area contributed by atoms with Crippen LogP contribution < -0.4 is 19.3 Å². The van der Waals surface area contributed by atoms with Crippen molar-refractivity contribution >= 4 is 74.9 Å². The number of carbonyl (C=O) groups is 1. The standard InChI is InChI=1S/C54H56Cl4N2O4/c1-35(2)25-31-62-43-21-13-39(14-22-43)45(37-9-17-41(18-10-37)59-27-5-6-28-59)33-54(48-47(53(61)64-54)49(55)51(57)52(58)50(48)56)34-46(38-11-19-42(20-12-38)60-29-7-8-30-60)40-15-23-44(24-16-40)63-32-26-36(3)4/h9-24,33-36H,5-8,25-32H2,1-4H3/b45-33-,46-34-. The third-order valence-electron chi connectivity index (χ3n) is 12.4. The van der Waals surface area contributed by atoms with Gasteiger partial charge in [0.25, 0.3) is 0 Å². The first-order valence-electron chi connectivity index (χ1n) is 22.6. The summed E-state index contributed by atoms with van der Waals surface area (Å²) in [6.45, 7) is 14.1. The lowest BCUT2D eigenvalue weighted by Crippen LogP contribution is -2.23. The Hall–Kier alpha value is -4.59. The zero-order valence-electron chi connectivity index (χ0n) is 37.1. The lowest BCUT2D eigenvalue weighted by molar-refractivity contribution is 0.0300. The van der Waals surface area contributed by atoms with E-state index in [1.165, 1.54) is 25.7 Å². The summed E-state index contributed by atoms with van der Waals surface area (Å²) < 4.78 is 19.0. The molecule has 3 heterocycles. The molecule has 0 amide bonds. The molecule has 0 spiro atoms. The van der Waals surface area contributed by atoms with Crippen LogP contribution in [0, 0.1) is 11.8 Å². The zero-order chi connectivity index (χ0) is 45.0. The summed E-state index contributed by atoms with van der Waals surface area (Å²) in [4.78, 5) is 19.2. The van der Waals surface area contributed by atoms with E-state index in [1.54, 1.807) is 0 Å². The molecule has 0 bridgehead atoms. The van der Waals surface area contributed by atoms with E-state index in [0.717, 1.165) is 95.3 Å². The molecule has 0 aromatic heterocycles. The molecule has 0 atom stereocenters. The molecule has 6 nitrogen and oxygen atoms in total. The first kappa shape index (κ1) is 46.0. The van der Waals surface area contributed by atoms with E-state index >= 15 is 0 Å². The van der Waals surface area contributed by atoms with E-state index < -0.39 is 11.6 Å². The normalized spacial score (nSPS) is 16.2. The Bertz CT molecular complexity index is 2350. The minimum absolute atomic E-state index is 0.00986. The molecule has 334 valence electrons. The van der Waals surface area contributed by atoms with Crippen LogP contribution in [0.1, 0.15) is 104 Å². The van der Waals surface area contributed by atoms with Crippen LogP contribution in [0.5, 0.6) is 11.5 Å². The van der Waals surface area contributed by atoms with Gasteiger partial charge in [0.2, 0.25) is 0 Å². The van der Waals surface area contributed by atoms with Crippen LogP contribution in [0.15, 0.2) is 109 Å². The summed E-state index contributed by atoms with van der Waals surface area (Å²) in [6.07, 6.45) is 10.5. The van der Waals surface area contributed by atoms with Gasteiger partial charge in [0.1, 0.15) is 11.5 Å². The number of carbonyl (C=O) groups excluding carboxylic acids is 1. The van der Waals surface area contributed by atoms with Crippen molar-refractivity contribution in [2.75, 3.05) is 49.2 Å². The molecule has 0 radical (unpaired) electrons. The smallest absolute Gasteiger partial charge is 0.341 e. The second-order valence-corrected chi connectivity index (χ2v) is 19.4. The van der Waals surface area contributed by atoms with Crippen LogP contribution in [0.3, 0.4) is 0 Å². The SMILES string of the molecule is CC(C)CCOc1ccc(/C(=C\C2(/C=C(\c3ccc(OCCC(C)C)cc3)c3ccc(N4CCCC4)cc3)OC(=O)c3c(Cl)c(Cl)c(Cl)c(Cl)c32)c2ccc(N3CCCC3)cc2)cc1. The first-order chi connectivity index (χ1) is 30.9. The number of hydrogen-bond donors (Lipinski definition) is 0. The molecule has 3 aliphatic rings. The lowest BCUT2D eigenvalue weighted by atomic mass is 9.83. The fraction of sp³-hybridized carbons (Fsp3) is 0.352. The molecular weight excluding hydrogens is 882 g/mol. The van der Waals surface area contributed by atoms with Crippen molar-refractivity contribution in [2.45, 2.75) is 71.8 Å². The van der Waals surface area contributed by atoms with Gasteiger partial charge in [-0.25, -0.2) is 4.79 Å². The number of cyclic esters (lactones) is 1. The van der Waals surface area contributed by atoms with Gasteiger partial charge in [-0.1, -0.05) is 123 Å². The Morgan fingerprint density at radius 2 is 0.922 bits per heavy atom. The van der Waals surface area contributed by atoms with E-state index in [0.29, 0.717) is 30.6 Å². The first-order valence-corrected chi connectivity index (χ1v) is 24.1. The maximum Gasteiger partial charge on any atom is 0.341 e. The molecule has 2 fully saturated rings. The monoisotopic (exact) mass is 936 g/mol. The van der Waals surface area contributed by atoms with Crippen LogP contribution in [-0.2, 0) is 10.3 Å². The molecule has 0 unspecified atom stereocenters. The third-order valence-corrected chi connectivity index (χ3v) is 14.2. The minimum Gasteiger partial charge on any atom is -0.494 e. The van der Waals surface area contributed by atoms with Gasteiger partial charge in [-0.05, 0) is 144 Å². The predicted octanol–water partition coefficient (Wildman–Crippen LogP) is 15.0. The summed E-state index contributed by atoms with van der Waals surface area (Å²) in [5, 5.41) is 0.0954. The maximum atomic E-state index is 14.4. The second-order valence-electron chi connectivity index (χ2n) is 17.9. The summed E-state index contributed by atoms with van der Waals surface area (Å²) in [6, 6.07) is 33.2. The van der Waals surface area contributed by atoms with Crippen LogP contribution in [0.2, 0.25) is 20.1 Å². The molecular formula is C54H56Cl4N2O4. The Morgan fingerprint density at radius 3 is 1.30 bits per heavy atom. The lowest BCUT2D eigenvalue weighted by Gasteiger charge is -2.28. The quantitative estimate of drug-likeness (QED) is 0.0558. The van der Waals surface area contributed by atoms with Crippen molar-refractivity contribution in [1.29, 1.82) is 0 Å². The second kappa shape index (κ2) is 20.3. The number of anilines is 2. The fourth-order valence-corrected chi connectivity index (χ4v) is 9.80. The number of benzene rings is 5. The number of fused-ring (bicyclic) bond motifs is 1. The van der Waals surface area contributed by atoms with Crippen LogP contribution in [-0.4, -0.2) is 45.4 Å². The molecule has 8 rings (SSSR count). The van der Waals surface area contributed by atoms with E-state index in [1.807, 2.05) is 60.7 Å². The molecule has 10 heteroatoms. The number of hydrogen-bond acceptors (Lipinski definition) is 6. The van der Waals surface area contributed by atoms with Crippen LogP contribution >= 0.6 is 46.4 Å². The topological polar surface area (TPSA) is 51.2 Å². The summed E-state index contributed by atoms with van der Waals surface area (Å²) >= 11 is 27.8. The predicted molar refractivity (Wildman–Crippen MR) is 266 cm³/mol. The molecule has 5 aromatic rings. The molecule has 2 saturated heterocycles. The minimum atomic E-state index is -1.63. The van der Waals surface area contributed by atoms with E-state index in [-0.39, 0.29) is 25.7 Å². The third kappa shape index (κ3) is 10.1. The van der Waals surface area contributed by atoms with E-state index in [4.69, 9.17) is 60.6 Å². The molecule has 5 aromatic carbocycles. The molecule has 0 N–H and O–H groups in total. The average Bonchev–Trinajstić information content (AvgIpc) is 4.09. The van der Waals surface area contributed by atoms with E-state index in [2.05, 4.69) is 86.0 Å². The molecule has 0 saturated carbocycles. The zero-order valence-corrected chi connectivity index (χ0v) is 40.1. The number of halogens is 4. The molecule has 3 aliphatic heterocycles. The summed E-state index contributed by atoms with van der Waals surface area (Å²) in [7, 11) is 0. The van der Waals surface area contributed by atoms with Gasteiger partial charge in [0, 0.05) is 43.1 Å². The Labute approximate surface area is 398 Å². The van der Waals surface area contributed by atoms with Gasteiger partial charge < -0.3 is 24.0 Å². The molecule has 0 aliphatic carbocycles. The summed E-state index contributed by atoms with van der Waals surface area (Å²) in [5.74, 6) is 1.93. The van der Waals surface area contributed by atoms with Gasteiger partial charge in [-0.2, -0.15) is 0 Å². The van der Waals surface area contributed by atoms with Crippen molar-refractivity contribution in [3.63, 3.8) is 0 Å². The van der Waals surface area contributed by atoms with Crippen LogP contribution in [0.25, 0.3) is 11.1 Å². The van der Waals surface area contributed by atoms with Gasteiger partial charge in [-0.3, -0.25) is 0 Å². The fourth-order valence-electron chi connectivity index (χ4n) is 8.73. The van der Waals surface area contributed by atoms with Gasteiger partial charge >= 0.3 is 5.97 Å². The largest absolute Gasteiger partial charge is 0.494 e. The number of rotatable bonds is 16. The Morgan fingerprint density at radius 1 is 0.562 bits per heavy atom. The van der Waals surface area contributed by atoms with Crippen molar-refractivity contribution in [2.24, 2.45) is 11.8 Å².